The minimum atomic E-state index is -0.606. The van der Waals surface area contributed by atoms with E-state index in [-0.39, 0.29) is 12.1 Å². The summed E-state index contributed by atoms with van der Waals surface area (Å²) >= 11 is 6.44. The van der Waals surface area contributed by atoms with E-state index in [1.54, 1.807) is 19.5 Å². The molecule has 5 heterocycles. The van der Waals surface area contributed by atoms with E-state index in [0.717, 1.165) is 53.7 Å². The van der Waals surface area contributed by atoms with E-state index in [4.69, 9.17) is 35.9 Å². The third-order valence-corrected chi connectivity index (χ3v) is 9.29. The summed E-state index contributed by atoms with van der Waals surface area (Å²) in [5, 5.41) is 3.30. The van der Waals surface area contributed by atoms with Crippen LogP contribution in [0.4, 0.5) is 10.7 Å². The van der Waals surface area contributed by atoms with Crippen LogP contribution in [0.2, 0.25) is 5.02 Å². The second-order valence-corrected chi connectivity index (χ2v) is 13.0. The van der Waals surface area contributed by atoms with Gasteiger partial charge in [-0.3, -0.25) is 10.3 Å². The van der Waals surface area contributed by atoms with Crippen molar-refractivity contribution in [2.24, 2.45) is 17.8 Å². The van der Waals surface area contributed by atoms with Crippen molar-refractivity contribution in [3.8, 4) is 11.3 Å². The minimum Gasteiger partial charge on any atom is -0.382 e. The summed E-state index contributed by atoms with van der Waals surface area (Å²) in [4.78, 5) is 34.1. The Labute approximate surface area is 257 Å². The number of hydrogen-bond acceptors (Lipinski definition) is 9. The molecule has 3 aromatic rings. The van der Waals surface area contributed by atoms with Crippen molar-refractivity contribution >= 4 is 34.7 Å². The fourth-order valence-corrected chi connectivity index (χ4v) is 6.92. The minimum absolute atomic E-state index is 0.0895. The maximum atomic E-state index is 11.9. The third-order valence-electron chi connectivity index (χ3n) is 9.08. The van der Waals surface area contributed by atoms with E-state index in [1.807, 2.05) is 12.1 Å². The lowest BCUT2D eigenvalue weighted by atomic mass is 9.83. The first-order chi connectivity index (χ1) is 20.8. The molecule has 2 N–H and O–H groups in total. The normalized spacial score (nSPS) is 26.0. The molecule has 232 valence electrons. The Bertz CT molecular complexity index is 1440. The number of hydroxylamine groups is 1. The van der Waals surface area contributed by atoms with E-state index in [0.29, 0.717) is 35.8 Å². The Morgan fingerprint density at radius 1 is 1.14 bits per heavy atom. The lowest BCUT2D eigenvalue weighted by Crippen LogP contribution is -2.36. The summed E-state index contributed by atoms with van der Waals surface area (Å²) in [6, 6.07) is 4.09. The Hall–Kier alpha value is -2.99. The number of ether oxygens (including phenoxy) is 2. The van der Waals surface area contributed by atoms with Crippen LogP contribution in [0.25, 0.3) is 22.3 Å². The number of nitrogens with one attached hydrogen (secondary N) is 2. The predicted molar refractivity (Wildman–Crippen MR) is 165 cm³/mol. The van der Waals surface area contributed by atoms with Gasteiger partial charge in [0.1, 0.15) is 0 Å². The average Bonchev–Trinajstić information content (AvgIpc) is 3.71. The molecule has 1 amide bonds. The van der Waals surface area contributed by atoms with Gasteiger partial charge in [0.2, 0.25) is 5.95 Å². The molecule has 2 saturated heterocycles. The van der Waals surface area contributed by atoms with Gasteiger partial charge in [-0.2, -0.15) is 0 Å². The van der Waals surface area contributed by atoms with E-state index in [9.17, 15) is 4.79 Å². The Morgan fingerprint density at radius 3 is 2.65 bits per heavy atom. The number of fused-ring (bicyclic) bond motifs is 1. The van der Waals surface area contributed by atoms with Crippen molar-refractivity contribution in [2.75, 3.05) is 31.8 Å². The second kappa shape index (κ2) is 12.9. The monoisotopic (exact) mass is 611 g/mol. The van der Waals surface area contributed by atoms with Crippen molar-refractivity contribution < 1.29 is 19.1 Å². The van der Waals surface area contributed by atoms with Crippen LogP contribution in [0.15, 0.2) is 24.5 Å². The summed E-state index contributed by atoms with van der Waals surface area (Å²) in [5.74, 6) is 2.63. The molecule has 0 spiro atoms. The van der Waals surface area contributed by atoms with Gasteiger partial charge < -0.3 is 23.8 Å². The molecule has 3 aliphatic rings. The van der Waals surface area contributed by atoms with Gasteiger partial charge in [-0.05, 0) is 49.1 Å². The first-order valence-electron chi connectivity index (χ1n) is 15.4. The molecule has 0 radical (unpaired) electrons. The molecular weight excluding hydrogens is 570 g/mol. The highest BCUT2D eigenvalue weighted by Gasteiger charge is 2.38. The predicted octanol–water partition coefficient (Wildman–Crippen LogP) is 5.48. The van der Waals surface area contributed by atoms with Crippen molar-refractivity contribution in [1.29, 1.82) is 0 Å². The van der Waals surface area contributed by atoms with Gasteiger partial charge in [-0.25, -0.2) is 14.8 Å². The van der Waals surface area contributed by atoms with Gasteiger partial charge in [-0.15, -0.1) is 5.48 Å². The Morgan fingerprint density at radius 2 is 1.95 bits per heavy atom. The van der Waals surface area contributed by atoms with Crippen LogP contribution < -0.4 is 15.7 Å². The SMILES string of the molecule is COCCO[C@@H]1C[C@@H](C(C)C)N(c2nc3cc(C4NOC(=O)N4)nc(-c4cncc(Cl)c4)c3n2CC2CCC(C)CC2)C1. The molecule has 11 nitrogen and oxygen atoms in total. The number of imidazole rings is 1. The number of rotatable bonds is 10. The molecule has 2 aliphatic heterocycles. The number of methoxy groups -OCH3 is 1. The average molecular weight is 612 g/mol. The van der Waals surface area contributed by atoms with Gasteiger partial charge >= 0.3 is 6.09 Å². The quantitative estimate of drug-likeness (QED) is 0.287. The highest BCUT2D eigenvalue weighted by Crippen LogP contribution is 2.39. The molecular formula is C31H42ClN7O4. The lowest BCUT2D eigenvalue weighted by molar-refractivity contribution is 0.0259. The fourth-order valence-electron chi connectivity index (χ4n) is 6.75. The summed E-state index contributed by atoms with van der Waals surface area (Å²) in [6.45, 7) is 9.62. The first-order valence-corrected chi connectivity index (χ1v) is 15.8. The van der Waals surface area contributed by atoms with E-state index >= 15 is 0 Å². The zero-order valence-electron chi connectivity index (χ0n) is 25.4. The van der Waals surface area contributed by atoms with Gasteiger partial charge in [0.25, 0.3) is 0 Å². The molecule has 3 atom stereocenters. The van der Waals surface area contributed by atoms with Crippen molar-refractivity contribution in [3.63, 3.8) is 0 Å². The van der Waals surface area contributed by atoms with Crippen LogP contribution in [-0.2, 0) is 20.9 Å². The number of anilines is 1. The maximum Gasteiger partial charge on any atom is 0.427 e. The Balaban J connectivity index is 1.50. The molecule has 43 heavy (non-hydrogen) atoms. The largest absolute Gasteiger partial charge is 0.427 e. The number of carbonyl (C=O) groups is 1. The fraction of sp³-hybridized carbons (Fsp3) is 0.613. The van der Waals surface area contributed by atoms with Crippen molar-refractivity contribution in [1.82, 2.24) is 30.3 Å². The van der Waals surface area contributed by atoms with Gasteiger partial charge in [0, 0.05) is 44.2 Å². The second-order valence-electron chi connectivity index (χ2n) is 12.6. The molecule has 1 unspecified atom stereocenters. The summed E-state index contributed by atoms with van der Waals surface area (Å²) in [7, 11) is 1.70. The summed E-state index contributed by atoms with van der Waals surface area (Å²) < 4.78 is 13.9. The number of halogens is 1. The molecule has 0 aromatic carbocycles. The smallest absolute Gasteiger partial charge is 0.382 e. The zero-order valence-corrected chi connectivity index (χ0v) is 26.1. The van der Waals surface area contributed by atoms with Crippen molar-refractivity contribution in [2.45, 2.75) is 77.7 Å². The first kappa shape index (κ1) is 30.1. The number of carbonyl (C=O) groups excluding carboxylic acids is 1. The van der Waals surface area contributed by atoms with Crippen LogP contribution in [0, 0.1) is 17.8 Å². The van der Waals surface area contributed by atoms with Gasteiger partial charge in [-0.1, -0.05) is 45.2 Å². The van der Waals surface area contributed by atoms with Crippen LogP contribution in [0.5, 0.6) is 0 Å². The standard InChI is InChI=1S/C31H42ClN7O4/c1-18(2)26-12-23(42-10-9-41-4)17-38(26)30-35-24-13-25(29-36-31(40)43-37-29)34-27(21-11-22(32)15-33-14-21)28(24)39(30)16-20-7-5-19(3)6-8-20/h11,13-15,18-20,23,26,29,37H,5-10,12,16-17H2,1-4H3,(H,36,40)/t19?,20?,23-,26+,29?/m1/s1. The zero-order chi connectivity index (χ0) is 30.1. The van der Waals surface area contributed by atoms with Crippen LogP contribution in [0.3, 0.4) is 0 Å². The highest BCUT2D eigenvalue weighted by molar-refractivity contribution is 6.30. The number of aromatic nitrogens is 4. The topological polar surface area (TPSA) is 116 Å². The number of nitrogens with zero attached hydrogens (tertiary/aromatic N) is 5. The van der Waals surface area contributed by atoms with Crippen molar-refractivity contribution in [3.05, 3.63) is 35.2 Å². The van der Waals surface area contributed by atoms with Crippen LogP contribution in [-0.4, -0.2) is 64.6 Å². The number of pyridine rings is 2. The maximum absolute atomic E-state index is 11.9. The van der Waals surface area contributed by atoms with Gasteiger partial charge in [0.15, 0.2) is 6.17 Å². The molecule has 6 rings (SSSR count). The van der Waals surface area contributed by atoms with Crippen LogP contribution in [0.1, 0.15) is 64.7 Å². The van der Waals surface area contributed by atoms with Gasteiger partial charge in [0.05, 0.1) is 46.8 Å². The van der Waals surface area contributed by atoms with E-state index in [1.165, 1.54) is 25.7 Å². The third kappa shape index (κ3) is 6.45. The van der Waals surface area contributed by atoms with Crippen LogP contribution >= 0.6 is 11.6 Å². The van der Waals surface area contributed by atoms with E-state index < -0.39 is 12.3 Å². The molecule has 3 aromatic heterocycles. The number of hydrogen-bond donors (Lipinski definition) is 2. The highest BCUT2D eigenvalue weighted by atomic mass is 35.5. The molecule has 12 heteroatoms. The summed E-state index contributed by atoms with van der Waals surface area (Å²) in [5.41, 5.74) is 6.59. The Kier molecular flexibility index (Phi) is 9.04. The molecule has 3 fully saturated rings. The molecule has 1 saturated carbocycles. The lowest BCUT2D eigenvalue weighted by Gasteiger charge is -2.31. The molecule has 0 bridgehead atoms. The number of amides is 1. The van der Waals surface area contributed by atoms with E-state index in [2.05, 4.69) is 46.0 Å². The summed E-state index contributed by atoms with van der Waals surface area (Å²) in [6.07, 6.45) is 8.10. The molecule has 1 aliphatic carbocycles.